The summed E-state index contributed by atoms with van der Waals surface area (Å²) in [5, 5.41) is 6.74. The molecule has 1 unspecified atom stereocenters. The highest BCUT2D eigenvalue weighted by Crippen LogP contribution is 2.24. The van der Waals surface area contributed by atoms with E-state index in [9.17, 15) is 0 Å². The minimum absolute atomic E-state index is 0.587. The number of nitrogens with zero attached hydrogens (tertiary/aromatic N) is 2. The molecule has 0 aromatic heterocycles. The van der Waals surface area contributed by atoms with Crippen LogP contribution in [0.1, 0.15) is 18.4 Å². The number of ether oxygens (including phenoxy) is 2. The third-order valence-electron chi connectivity index (χ3n) is 4.34. The van der Waals surface area contributed by atoms with Gasteiger partial charge in [-0.15, -0.1) is 0 Å². The first-order valence-corrected chi connectivity index (χ1v) is 8.03. The van der Waals surface area contributed by atoms with Gasteiger partial charge in [-0.1, -0.05) is 0 Å². The quantitative estimate of drug-likeness (QED) is 0.614. The number of methoxy groups -OCH3 is 2. The van der Waals surface area contributed by atoms with Crippen molar-refractivity contribution in [3.05, 3.63) is 23.8 Å². The van der Waals surface area contributed by atoms with Crippen LogP contribution in [0.25, 0.3) is 0 Å². The molecule has 0 radical (unpaired) electrons. The zero-order chi connectivity index (χ0) is 16.7. The van der Waals surface area contributed by atoms with Crippen molar-refractivity contribution in [2.24, 2.45) is 4.99 Å². The lowest BCUT2D eigenvalue weighted by atomic mass is 10.2. The summed E-state index contributed by atoms with van der Waals surface area (Å²) >= 11 is 0. The fourth-order valence-corrected chi connectivity index (χ4v) is 2.85. The summed E-state index contributed by atoms with van der Waals surface area (Å²) < 4.78 is 10.6. The van der Waals surface area contributed by atoms with Crippen LogP contribution in [0.3, 0.4) is 0 Å². The van der Waals surface area contributed by atoms with Crippen LogP contribution >= 0.6 is 0 Å². The zero-order valence-corrected chi connectivity index (χ0v) is 14.6. The molecule has 0 amide bonds. The molecule has 0 spiro atoms. The van der Waals surface area contributed by atoms with Crippen molar-refractivity contribution in [2.45, 2.75) is 25.4 Å². The summed E-state index contributed by atoms with van der Waals surface area (Å²) in [7, 11) is 7.29. The van der Waals surface area contributed by atoms with Gasteiger partial charge in [-0.25, -0.2) is 0 Å². The molecule has 1 fully saturated rings. The van der Waals surface area contributed by atoms with Gasteiger partial charge in [0.15, 0.2) is 5.96 Å². The Morgan fingerprint density at radius 3 is 2.74 bits per heavy atom. The lowest BCUT2D eigenvalue weighted by Gasteiger charge is -2.21. The second-order valence-corrected chi connectivity index (χ2v) is 5.76. The number of likely N-dealkylation sites (N-methyl/N-ethyl adjacent to an activating group) is 1. The minimum atomic E-state index is 0.587. The van der Waals surface area contributed by atoms with E-state index in [1.165, 1.54) is 19.4 Å². The molecule has 23 heavy (non-hydrogen) atoms. The molecule has 1 aromatic rings. The van der Waals surface area contributed by atoms with Crippen molar-refractivity contribution in [3.63, 3.8) is 0 Å². The normalized spacial score (nSPS) is 18.8. The fourth-order valence-electron chi connectivity index (χ4n) is 2.85. The second kappa shape index (κ2) is 8.62. The first-order valence-electron chi connectivity index (χ1n) is 8.03. The van der Waals surface area contributed by atoms with Crippen LogP contribution in [0.2, 0.25) is 0 Å². The van der Waals surface area contributed by atoms with E-state index in [-0.39, 0.29) is 0 Å². The molecule has 1 aliphatic rings. The first kappa shape index (κ1) is 17.4. The molecule has 1 atom stereocenters. The van der Waals surface area contributed by atoms with Crippen molar-refractivity contribution in [3.8, 4) is 11.5 Å². The summed E-state index contributed by atoms with van der Waals surface area (Å²) in [5.41, 5.74) is 1.06. The largest absolute Gasteiger partial charge is 0.497 e. The zero-order valence-electron chi connectivity index (χ0n) is 14.6. The first-order chi connectivity index (χ1) is 11.2. The summed E-state index contributed by atoms with van der Waals surface area (Å²) in [6, 6.07) is 6.41. The summed E-state index contributed by atoms with van der Waals surface area (Å²) in [4.78, 5) is 6.68. The maximum absolute atomic E-state index is 5.42. The van der Waals surface area contributed by atoms with Crippen LogP contribution < -0.4 is 20.1 Å². The van der Waals surface area contributed by atoms with Crippen LogP contribution in [-0.4, -0.2) is 58.3 Å². The van der Waals surface area contributed by atoms with Gasteiger partial charge < -0.3 is 25.0 Å². The van der Waals surface area contributed by atoms with Crippen molar-refractivity contribution in [1.82, 2.24) is 15.5 Å². The van der Waals surface area contributed by atoms with Gasteiger partial charge >= 0.3 is 0 Å². The Hall–Kier alpha value is -1.95. The fraction of sp³-hybridized carbons (Fsp3) is 0.588. The van der Waals surface area contributed by atoms with E-state index in [0.29, 0.717) is 12.6 Å². The number of guanidine groups is 1. The molecule has 1 saturated heterocycles. The Morgan fingerprint density at radius 1 is 1.30 bits per heavy atom. The smallest absolute Gasteiger partial charge is 0.191 e. The van der Waals surface area contributed by atoms with Crippen molar-refractivity contribution in [1.29, 1.82) is 0 Å². The van der Waals surface area contributed by atoms with Crippen molar-refractivity contribution in [2.75, 3.05) is 41.4 Å². The molecule has 1 aromatic carbocycles. The number of rotatable bonds is 6. The van der Waals surface area contributed by atoms with Gasteiger partial charge in [-0.3, -0.25) is 4.99 Å². The van der Waals surface area contributed by atoms with E-state index in [0.717, 1.165) is 29.6 Å². The SMILES string of the molecule is CN=C(NCc1ccc(OC)cc1OC)NCC1CCCN1C. The Bertz CT molecular complexity index is 533. The molecule has 1 aliphatic heterocycles. The Balaban J connectivity index is 1.88. The highest BCUT2D eigenvalue weighted by molar-refractivity contribution is 5.79. The van der Waals surface area contributed by atoms with E-state index in [4.69, 9.17) is 9.47 Å². The number of benzene rings is 1. The Kier molecular flexibility index (Phi) is 6.52. The van der Waals surface area contributed by atoms with E-state index in [2.05, 4.69) is 27.6 Å². The predicted octanol–water partition coefficient (Wildman–Crippen LogP) is 1.46. The summed E-state index contributed by atoms with van der Waals surface area (Å²) in [5.74, 6) is 2.41. The molecule has 128 valence electrons. The van der Waals surface area contributed by atoms with Crippen molar-refractivity contribution < 1.29 is 9.47 Å². The Morgan fingerprint density at radius 2 is 2.13 bits per heavy atom. The van der Waals surface area contributed by atoms with Gasteiger partial charge in [0.2, 0.25) is 0 Å². The summed E-state index contributed by atoms with van der Waals surface area (Å²) in [6.07, 6.45) is 2.52. The molecule has 0 aliphatic carbocycles. The van der Waals surface area contributed by atoms with Crippen molar-refractivity contribution >= 4 is 5.96 Å². The van der Waals surface area contributed by atoms with Gasteiger partial charge in [-0.2, -0.15) is 0 Å². The average Bonchev–Trinajstić information content (AvgIpc) is 3.00. The number of hydrogen-bond donors (Lipinski definition) is 2. The van der Waals surface area contributed by atoms with E-state index in [1.807, 2.05) is 18.2 Å². The van der Waals surface area contributed by atoms with Gasteiger partial charge in [-0.05, 0) is 38.6 Å². The third-order valence-corrected chi connectivity index (χ3v) is 4.34. The van der Waals surface area contributed by atoms with Gasteiger partial charge in [0.05, 0.1) is 14.2 Å². The van der Waals surface area contributed by atoms with Crippen LogP contribution in [0, 0.1) is 0 Å². The third kappa shape index (κ3) is 4.76. The topological polar surface area (TPSA) is 58.1 Å². The van der Waals surface area contributed by atoms with E-state index < -0.39 is 0 Å². The molecular weight excluding hydrogens is 292 g/mol. The molecular formula is C17H28N4O2. The lowest BCUT2D eigenvalue weighted by Crippen LogP contribution is -2.43. The van der Waals surface area contributed by atoms with E-state index >= 15 is 0 Å². The molecule has 6 nitrogen and oxygen atoms in total. The highest BCUT2D eigenvalue weighted by Gasteiger charge is 2.20. The van der Waals surface area contributed by atoms with Gasteiger partial charge in [0.25, 0.3) is 0 Å². The number of aliphatic imine (C=N–C) groups is 1. The monoisotopic (exact) mass is 320 g/mol. The van der Waals surface area contributed by atoms with Crippen LogP contribution in [0.4, 0.5) is 0 Å². The van der Waals surface area contributed by atoms with Gasteiger partial charge in [0, 0.05) is 37.8 Å². The average molecular weight is 320 g/mol. The standard InChI is InChI=1S/C17H28N4O2/c1-18-17(20-12-14-6-5-9-21(14)2)19-11-13-7-8-15(22-3)10-16(13)23-4/h7-8,10,14H,5-6,9,11-12H2,1-4H3,(H2,18,19,20). The van der Waals surface area contributed by atoms with Crippen LogP contribution in [0.5, 0.6) is 11.5 Å². The van der Waals surface area contributed by atoms with Crippen LogP contribution in [0.15, 0.2) is 23.2 Å². The molecule has 6 heteroatoms. The minimum Gasteiger partial charge on any atom is -0.497 e. The molecule has 2 rings (SSSR count). The predicted molar refractivity (Wildman–Crippen MR) is 93.4 cm³/mol. The molecule has 1 heterocycles. The number of hydrogen-bond acceptors (Lipinski definition) is 4. The van der Waals surface area contributed by atoms with E-state index in [1.54, 1.807) is 21.3 Å². The maximum Gasteiger partial charge on any atom is 0.191 e. The molecule has 0 bridgehead atoms. The van der Waals surface area contributed by atoms with Crippen LogP contribution in [-0.2, 0) is 6.54 Å². The number of likely N-dealkylation sites (tertiary alicyclic amines) is 1. The highest BCUT2D eigenvalue weighted by atomic mass is 16.5. The molecule has 0 saturated carbocycles. The van der Waals surface area contributed by atoms with Gasteiger partial charge in [0.1, 0.15) is 11.5 Å². The summed E-state index contributed by atoms with van der Waals surface area (Å²) in [6.45, 7) is 2.74. The number of nitrogens with one attached hydrogen (secondary N) is 2. The Labute approximate surface area is 138 Å². The molecule has 2 N–H and O–H groups in total. The second-order valence-electron chi connectivity index (χ2n) is 5.76. The lowest BCUT2D eigenvalue weighted by molar-refractivity contribution is 0.309. The maximum atomic E-state index is 5.42.